The summed E-state index contributed by atoms with van der Waals surface area (Å²) in [5, 5.41) is 13.2. The van der Waals surface area contributed by atoms with E-state index < -0.39 is 0 Å². The van der Waals surface area contributed by atoms with Gasteiger partial charge in [-0.15, -0.1) is 0 Å². The minimum atomic E-state index is 0.335. The molecule has 1 atom stereocenters. The van der Waals surface area contributed by atoms with E-state index in [1.807, 2.05) is 0 Å². The van der Waals surface area contributed by atoms with Gasteiger partial charge in [-0.05, 0) is 60.8 Å². The van der Waals surface area contributed by atoms with E-state index in [0.717, 1.165) is 38.4 Å². The van der Waals surface area contributed by atoms with Crippen molar-refractivity contribution in [3.05, 3.63) is 65.7 Å². The molecule has 3 nitrogen and oxygen atoms in total. The summed E-state index contributed by atoms with van der Waals surface area (Å²) < 4.78 is 0. The Bertz CT molecular complexity index is 716. The highest BCUT2D eigenvalue weighted by molar-refractivity contribution is 5.48. The molecule has 1 saturated carbocycles. The zero-order valence-electron chi connectivity index (χ0n) is 17.6. The van der Waals surface area contributed by atoms with E-state index in [9.17, 15) is 5.11 Å². The summed E-state index contributed by atoms with van der Waals surface area (Å²) >= 11 is 0. The zero-order valence-corrected chi connectivity index (χ0v) is 17.6. The van der Waals surface area contributed by atoms with Gasteiger partial charge in [0, 0.05) is 38.0 Å². The van der Waals surface area contributed by atoms with Crippen molar-refractivity contribution in [3.63, 3.8) is 0 Å². The second-order valence-corrected chi connectivity index (χ2v) is 8.95. The molecule has 1 aliphatic carbocycles. The van der Waals surface area contributed by atoms with Crippen LogP contribution >= 0.6 is 0 Å². The highest BCUT2D eigenvalue weighted by Crippen LogP contribution is 2.34. The summed E-state index contributed by atoms with van der Waals surface area (Å²) in [5.41, 5.74) is 4.11. The first-order chi connectivity index (χ1) is 14.3. The number of hydrogen-bond donors (Lipinski definition) is 2. The fourth-order valence-corrected chi connectivity index (χ4v) is 5.11. The van der Waals surface area contributed by atoms with Crippen LogP contribution in [0.1, 0.15) is 62.1 Å². The minimum Gasteiger partial charge on any atom is -0.396 e. The molecule has 29 heavy (non-hydrogen) atoms. The van der Waals surface area contributed by atoms with Crippen LogP contribution in [0.3, 0.4) is 0 Å². The molecule has 0 unspecified atom stereocenters. The summed E-state index contributed by atoms with van der Waals surface area (Å²) in [5.74, 6) is 1.24. The Morgan fingerprint density at radius 1 is 0.862 bits per heavy atom. The molecule has 1 heterocycles. The Labute approximate surface area is 176 Å². The van der Waals surface area contributed by atoms with Crippen LogP contribution in [0.5, 0.6) is 0 Å². The Morgan fingerprint density at radius 3 is 2.21 bits per heavy atom. The number of piperidine rings is 1. The van der Waals surface area contributed by atoms with Gasteiger partial charge in [-0.25, -0.2) is 0 Å². The molecule has 0 aromatic heterocycles. The standard InChI is InChI=1S/C26H36N2O/c29-20-22-15-17-28(18-16-22)25-13-11-21(12-14-25)19-27-26(23-7-3-1-4-8-23)24-9-5-2-6-10-24/h1,3-4,7-8,11-14,22,24,26-27,29H,2,5-6,9-10,15-20H2/t26-/m1/s1. The maximum atomic E-state index is 9.34. The molecule has 156 valence electrons. The minimum absolute atomic E-state index is 0.335. The highest BCUT2D eigenvalue weighted by atomic mass is 16.3. The van der Waals surface area contributed by atoms with E-state index in [4.69, 9.17) is 0 Å². The van der Waals surface area contributed by atoms with E-state index in [2.05, 4.69) is 64.8 Å². The first kappa shape index (κ1) is 20.4. The molecule has 0 spiro atoms. The first-order valence-corrected chi connectivity index (χ1v) is 11.6. The number of aliphatic hydroxyl groups is 1. The molecule has 4 rings (SSSR count). The third kappa shape index (κ3) is 5.40. The zero-order chi connectivity index (χ0) is 19.9. The van der Waals surface area contributed by atoms with Crippen LogP contribution in [0.15, 0.2) is 54.6 Å². The molecule has 2 aromatic carbocycles. The first-order valence-electron chi connectivity index (χ1n) is 11.6. The Balaban J connectivity index is 1.37. The molecule has 0 bridgehead atoms. The van der Waals surface area contributed by atoms with Crippen LogP contribution in [0.25, 0.3) is 0 Å². The highest BCUT2D eigenvalue weighted by Gasteiger charge is 2.24. The second kappa shape index (κ2) is 10.3. The lowest BCUT2D eigenvalue weighted by atomic mass is 9.81. The van der Waals surface area contributed by atoms with Gasteiger partial charge in [-0.3, -0.25) is 0 Å². The van der Waals surface area contributed by atoms with Crippen LogP contribution in [0.2, 0.25) is 0 Å². The Morgan fingerprint density at radius 2 is 1.55 bits per heavy atom. The third-order valence-electron chi connectivity index (χ3n) is 6.98. The molecule has 2 fully saturated rings. The number of nitrogens with zero attached hydrogens (tertiary/aromatic N) is 1. The van der Waals surface area contributed by atoms with Crippen molar-refractivity contribution in [1.82, 2.24) is 5.32 Å². The molecule has 0 amide bonds. The monoisotopic (exact) mass is 392 g/mol. The Kier molecular flexibility index (Phi) is 7.23. The van der Waals surface area contributed by atoms with E-state index in [-0.39, 0.29) is 0 Å². The van der Waals surface area contributed by atoms with E-state index in [1.54, 1.807) is 0 Å². The van der Waals surface area contributed by atoms with Crippen molar-refractivity contribution in [1.29, 1.82) is 0 Å². The van der Waals surface area contributed by atoms with Crippen LogP contribution in [0, 0.1) is 11.8 Å². The Hall–Kier alpha value is -1.84. The molecule has 1 aliphatic heterocycles. The third-order valence-corrected chi connectivity index (χ3v) is 6.98. The molecular weight excluding hydrogens is 356 g/mol. The van der Waals surface area contributed by atoms with Crippen molar-refractivity contribution in [2.75, 3.05) is 24.6 Å². The molecule has 0 radical (unpaired) electrons. The topological polar surface area (TPSA) is 35.5 Å². The van der Waals surface area contributed by atoms with Gasteiger partial charge in [0.2, 0.25) is 0 Å². The average molecular weight is 393 g/mol. The predicted molar refractivity (Wildman–Crippen MR) is 121 cm³/mol. The fraction of sp³-hybridized carbons (Fsp3) is 0.538. The summed E-state index contributed by atoms with van der Waals surface area (Å²) in [4.78, 5) is 2.46. The summed E-state index contributed by atoms with van der Waals surface area (Å²) in [6.45, 7) is 3.37. The van der Waals surface area contributed by atoms with Crippen molar-refractivity contribution >= 4 is 5.69 Å². The number of aliphatic hydroxyl groups excluding tert-OH is 1. The van der Waals surface area contributed by atoms with Crippen LogP contribution in [-0.4, -0.2) is 24.8 Å². The number of hydrogen-bond acceptors (Lipinski definition) is 3. The van der Waals surface area contributed by atoms with Gasteiger partial charge < -0.3 is 15.3 Å². The van der Waals surface area contributed by atoms with Crippen LogP contribution in [0.4, 0.5) is 5.69 Å². The second-order valence-electron chi connectivity index (χ2n) is 8.95. The van der Waals surface area contributed by atoms with Gasteiger partial charge >= 0.3 is 0 Å². The number of anilines is 1. The predicted octanol–water partition coefficient (Wildman–Crippen LogP) is 5.31. The molecule has 2 aliphatic rings. The lowest BCUT2D eigenvalue weighted by Gasteiger charge is -2.33. The summed E-state index contributed by atoms with van der Waals surface area (Å²) in [6.07, 6.45) is 9.02. The largest absolute Gasteiger partial charge is 0.396 e. The van der Waals surface area contributed by atoms with E-state index >= 15 is 0 Å². The maximum Gasteiger partial charge on any atom is 0.0460 e. The van der Waals surface area contributed by atoms with E-state index in [0.29, 0.717) is 18.6 Å². The van der Waals surface area contributed by atoms with Crippen molar-refractivity contribution in [3.8, 4) is 0 Å². The van der Waals surface area contributed by atoms with Crippen molar-refractivity contribution in [2.24, 2.45) is 11.8 Å². The van der Waals surface area contributed by atoms with E-state index in [1.165, 1.54) is 48.9 Å². The fourth-order valence-electron chi connectivity index (χ4n) is 5.11. The molecule has 3 heteroatoms. The number of benzene rings is 2. The normalized spacial score (nSPS) is 20.0. The summed E-state index contributed by atoms with van der Waals surface area (Å²) in [6, 6.07) is 20.6. The van der Waals surface area contributed by atoms with Crippen molar-refractivity contribution in [2.45, 2.75) is 57.5 Å². The molecular formula is C26H36N2O. The quantitative estimate of drug-likeness (QED) is 0.670. The molecule has 2 N–H and O–H groups in total. The van der Waals surface area contributed by atoms with Crippen LogP contribution < -0.4 is 10.2 Å². The van der Waals surface area contributed by atoms with Gasteiger partial charge in [0.15, 0.2) is 0 Å². The van der Waals surface area contributed by atoms with Crippen molar-refractivity contribution < 1.29 is 5.11 Å². The smallest absolute Gasteiger partial charge is 0.0460 e. The molecule has 1 saturated heterocycles. The van der Waals surface area contributed by atoms with Gasteiger partial charge in [0.1, 0.15) is 0 Å². The van der Waals surface area contributed by atoms with Crippen LogP contribution in [-0.2, 0) is 6.54 Å². The SMILES string of the molecule is OCC1CCN(c2ccc(CN[C@H](c3ccccc3)C3CCCCC3)cc2)CC1. The average Bonchev–Trinajstić information content (AvgIpc) is 2.81. The lowest BCUT2D eigenvalue weighted by Crippen LogP contribution is -2.34. The van der Waals surface area contributed by atoms with Gasteiger partial charge in [-0.2, -0.15) is 0 Å². The number of rotatable bonds is 7. The van der Waals surface area contributed by atoms with Gasteiger partial charge in [0.25, 0.3) is 0 Å². The van der Waals surface area contributed by atoms with Gasteiger partial charge in [0.05, 0.1) is 0 Å². The molecule has 2 aromatic rings. The summed E-state index contributed by atoms with van der Waals surface area (Å²) in [7, 11) is 0. The maximum absolute atomic E-state index is 9.34. The number of nitrogens with one attached hydrogen (secondary N) is 1. The van der Waals surface area contributed by atoms with Gasteiger partial charge in [-0.1, -0.05) is 61.7 Å². The lowest BCUT2D eigenvalue weighted by molar-refractivity contribution is 0.203.